The molecule has 3 rings (SSSR count). The molecule has 0 bridgehead atoms. The summed E-state index contributed by atoms with van der Waals surface area (Å²) in [6.45, 7) is 0. The third kappa shape index (κ3) is 3.47. The number of phenolic OH excluding ortho intramolecular Hbond substituents is 1. The van der Waals surface area contributed by atoms with Crippen LogP contribution in [0.4, 0.5) is 5.69 Å². The van der Waals surface area contributed by atoms with Gasteiger partial charge in [0.05, 0.1) is 0 Å². The van der Waals surface area contributed by atoms with Gasteiger partial charge in [0.15, 0.2) is 0 Å². The van der Waals surface area contributed by atoms with Crippen LogP contribution in [-0.4, -0.2) is 11.0 Å². The molecule has 0 radical (unpaired) electrons. The lowest BCUT2D eigenvalue weighted by Gasteiger charge is -2.17. The fourth-order valence-corrected chi connectivity index (χ4v) is 2.99. The second-order valence-corrected chi connectivity index (χ2v) is 5.87. The summed E-state index contributed by atoms with van der Waals surface area (Å²) in [5.41, 5.74) is 3.41. The van der Waals surface area contributed by atoms with Crippen LogP contribution in [0.2, 0.25) is 0 Å². The number of anilines is 1. The van der Waals surface area contributed by atoms with Gasteiger partial charge in [0, 0.05) is 5.69 Å². The third-order valence-corrected chi connectivity index (χ3v) is 4.17. The second-order valence-electron chi connectivity index (χ2n) is 5.87. The summed E-state index contributed by atoms with van der Waals surface area (Å²) >= 11 is 0. The number of rotatable bonds is 3. The SMILES string of the molecule is N#CC(=Cc1cc(O)c2c(c1)CCCC2)C(=O)Nc1ccccc1. The molecule has 0 atom stereocenters. The van der Waals surface area contributed by atoms with Gasteiger partial charge in [-0.3, -0.25) is 4.79 Å². The minimum absolute atomic E-state index is 0.00834. The number of hydrogen-bond donors (Lipinski definition) is 2. The van der Waals surface area contributed by atoms with Crippen molar-refractivity contribution in [2.24, 2.45) is 0 Å². The summed E-state index contributed by atoms with van der Waals surface area (Å²) in [6.07, 6.45) is 5.50. The maximum atomic E-state index is 12.3. The van der Waals surface area contributed by atoms with Crippen LogP contribution in [-0.2, 0) is 17.6 Å². The van der Waals surface area contributed by atoms with Gasteiger partial charge < -0.3 is 10.4 Å². The summed E-state index contributed by atoms with van der Waals surface area (Å²) in [6, 6.07) is 14.5. The predicted octanol–water partition coefficient (Wildman–Crippen LogP) is 3.82. The third-order valence-electron chi connectivity index (χ3n) is 4.17. The van der Waals surface area contributed by atoms with Crippen molar-refractivity contribution in [2.45, 2.75) is 25.7 Å². The van der Waals surface area contributed by atoms with E-state index in [9.17, 15) is 15.2 Å². The smallest absolute Gasteiger partial charge is 0.266 e. The Bertz CT molecular complexity index is 833. The van der Waals surface area contributed by atoms with E-state index in [-0.39, 0.29) is 11.3 Å². The zero-order valence-corrected chi connectivity index (χ0v) is 13.2. The molecule has 2 aromatic carbocycles. The van der Waals surface area contributed by atoms with Gasteiger partial charge in [-0.15, -0.1) is 0 Å². The Morgan fingerprint density at radius 3 is 2.67 bits per heavy atom. The Labute approximate surface area is 141 Å². The van der Waals surface area contributed by atoms with E-state index in [2.05, 4.69) is 5.32 Å². The molecule has 4 nitrogen and oxygen atoms in total. The highest BCUT2D eigenvalue weighted by atomic mass is 16.3. The number of aromatic hydroxyl groups is 1. The predicted molar refractivity (Wildman–Crippen MR) is 93.4 cm³/mol. The fraction of sp³-hybridized carbons (Fsp3) is 0.200. The van der Waals surface area contributed by atoms with Gasteiger partial charge in [-0.1, -0.05) is 24.3 Å². The number of para-hydroxylation sites is 1. The molecule has 0 unspecified atom stereocenters. The van der Waals surface area contributed by atoms with Crippen LogP contribution in [0.5, 0.6) is 5.75 Å². The number of benzene rings is 2. The Balaban J connectivity index is 1.87. The van der Waals surface area contributed by atoms with E-state index in [4.69, 9.17) is 0 Å². The van der Waals surface area contributed by atoms with E-state index in [1.807, 2.05) is 30.3 Å². The van der Waals surface area contributed by atoms with E-state index in [0.29, 0.717) is 11.3 Å². The number of phenols is 1. The zero-order valence-electron chi connectivity index (χ0n) is 13.2. The van der Waals surface area contributed by atoms with Crippen LogP contribution < -0.4 is 5.32 Å². The molecule has 2 N–H and O–H groups in total. The molecular formula is C20H18N2O2. The Morgan fingerprint density at radius 1 is 1.17 bits per heavy atom. The maximum absolute atomic E-state index is 12.3. The van der Waals surface area contributed by atoms with Gasteiger partial charge >= 0.3 is 0 Å². The fourth-order valence-electron chi connectivity index (χ4n) is 2.99. The highest BCUT2D eigenvalue weighted by Crippen LogP contribution is 2.31. The van der Waals surface area contributed by atoms with Crippen LogP contribution in [0, 0.1) is 11.3 Å². The summed E-state index contributed by atoms with van der Waals surface area (Å²) < 4.78 is 0. The van der Waals surface area contributed by atoms with Crippen LogP contribution in [0.15, 0.2) is 48.0 Å². The van der Waals surface area contributed by atoms with Gasteiger partial charge in [0.25, 0.3) is 5.91 Å². The van der Waals surface area contributed by atoms with E-state index in [1.165, 1.54) is 6.08 Å². The Kier molecular flexibility index (Phi) is 4.62. The number of nitrogens with zero attached hydrogens (tertiary/aromatic N) is 1. The van der Waals surface area contributed by atoms with Crippen molar-refractivity contribution in [3.63, 3.8) is 0 Å². The number of carbonyl (C=O) groups is 1. The lowest BCUT2D eigenvalue weighted by molar-refractivity contribution is -0.112. The highest BCUT2D eigenvalue weighted by molar-refractivity contribution is 6.09. The van der Waals surface area contributed by atoms with E-state index < -0.39 is 5.91 Å². The number of nitrogens with one attached hydrogen (secondary N) is 1. The van der Waals surface area contributed by atoms with Gasteiger partial charge in [-0.05, 0) is 66.6 Å². The first-order valence-electron chi connectivity index (χ1n) is 8.00. The average Bonchev–Trinajstić information content (AvgIpc) is 2.60. The van der Waals surface area contributed by atoms with Crippen molar-refractivity contribution in [3.8, 4) is 11.8 Å². The molecular weight excluding hydrogens is 300 g/mol. The monoisotopic (exact) mass is 318 g/mol. The molecule has 1 amide bonds. The standard InChI is InChI=1S/C20H18N2O2/c21-13-16(20(24)22-17-7-2-1-3-8-17)11-14-10-15-6-4-5-9-18(15)19(23)12-14/h1-3,7-8,10-12,23H,4-6,9H2,(H,22,24). The molecule has 0 spiro atoms. The van der Waals surface area contributed by atoms with Crippen molar-refractivity contribution < 1.29 is 9.90 Å². The highest BCUT2D eigenvalue weighted by Gasteiger charge is 2.15. The summed E-state index contributed by atoms with van der Waals surface area (Å²) in [4.78, 5) is 12.3. The van der Waals surface area contributed by atoms with E-state index in [1.54, 1.807) is 18.2 Å². The van der Waals surface area contributed by atoms with Gasteiger partial charge in [0.2, 0.25) is 0 Å². The quantitative estimate of drug-likeness (QED) is 0.667. The number of carbonyl (C=O) groups excluding carboxylic acids is 1. The number of aryl methyl sites for hydroxylation is 1. The second kappa shape index (κ2) is 7.01. The van der Waals surface area contributed by atoms with Crippen LogP contribution in [0.25, 0.3) is 6.08 Å². The zero-order chi connectivity index (χ0) is 16.9. The molecule has 0 saturated carbocycles. The normalized spacial score (nSPS) is 13.7. The molecule has 0 saturated heterocycles. The maximum Gasteiger partial charge on any atom is 0.266 e. The number of hydrogen-bond acceptors (Lipinski definition) is 3. The van der Waals surface area contributed by atoms with Crippen molar-refractivity contribution in [1.29, 1.82) is 5.26 Å². The van der Waals surface area contributed by atoms with Gasteiger partial charge in [-0.25, -0.2) is 0 Å². The largest absolute Gasteiger partial charge is 0.508 e. The van der Waals surface area contributed by atoms with Crippen LogP contribution in [0.3, 0.4) is 0 Å². The lowest BCUT2D eigenvalue weighted by Crippen LogP contribution is -2.13. The van der Waals surface area contributed by atoms with Crippen molar-refractivity contribution >= 4 is 17.7 Å². The van der Waals surface area contributed by atoms with Crippen LogP contribution >= 0.6 is 0 Å². The minimum Gasteiger partial charge on any atom is -0.508 e. The van der Waals surface area contributed by atoms with Crippen molar-refractivity contribution in [2.75, 3.05) is 5.32 Å². The molecule has 24 heavy (non-hydrogen) atoms. The summed E-state index contributed by atoms with van der Waals surface area (Å²) in [7, 11) is 0. The van der Waals surface area contributed by atoms with Crippen LogP contribution in [0.1, 0.15) is 29.5 Å². The average molecular weight is 318 g/mol. The Morgan fingerprint density at radius 2 is 1.92 bits per heavy atom. The minimum atomic E-state index is -0.457. The lowest BCUT2D eigenvalue weighted by atomic mass is 9.89. The molecule has 1 aliphatic carbocycles. The van der Waals surface area contributed by atoms with E-state index >= 15 is 0 Å². The number of fused-ring (bicyclic) bond motifs is 1. The topological polar surface area (TPSA) is 73.1 Å². The first-order valence-corrected chi connectivity index (χ1v) is 8.00. The first-order chi connectivity index (χ1) is 11.7. The summed E-state index contributed by atoms with van der Waals surface area (Å²) in [5.74, 6) is -0.208. The number of nitriles is 1. The molecule has 120 valence electrons. The molecule has 0 aromatic heterocycles. The molecule has 1 aliphatic rings. The Hall–Kier alpha value is -3.06. The molecule has 0 fully saturated rings. The van der Waals surface area contributed by atoms with E-state index in [0.717, 1.165) is 36.8 Å². The molecule has 0 aliphatic heterocycles. The first kappa shape index (κ1) is 15.8. The van der Waals surface area contributed by atoms with Crippen molar-refractivity contribution in [1.82, 2.24) is 0 Å². The van der Waals surface area contributed by atoms with Crippen molar-refractivity contribution in [3.05, 3.63) is 64.7 Å². The molecule has 2 aromatic rings. The molecule has 4 heteroatoms. The summed E-state index contributed by atoms with van der Waals surface area (Å²) in [5, 5.41) is 22.2. The molecule has 0 heterocycles. The number of amides is 1. The van der Waals surface area contributed by atoms with Gasteiger partial charge in [-0.2, -0.15) is 5.26 Å². The van der Waals surface area contributed by atoms with Gasteiger partial charge in [0.1, 0.15) is 17.4 Å².